The van der Waals surface area contributed by atoms with Crippen LogP contribution in [0.4, 0.5) is 4.39 Å². The minimum atomic E-state index is -0.597. The highest BCUT2D eigenvalue weighted by Crippen LogP contribution is 2.25. The third-order valence-electron chi connectivity index (χ3n) is 5.18. The van der Waals surface area contributed by atoms with Crippen molar-refractivity contribution < 1.29 is 13.9 Å². The zero-order chi connectivity index (χ0) is 21.7. The summed E-state index contributed by atoms with van der Waals surface area (Å²) in [7, 11) is 1.72. The molecule has 3 aliphatic heterocycles. The lowest BCUT2D eigenvalue weighted by molar-refractivity contribution is -0.116. The lowest BCUT2D eigenvalue weighted by Gasteiger charge is -2.37. The van der Waals surface area contributed by atoms with Crippen LogP contribution in [-0.4, -0.2) is 55.7 Å². The number of likely N-dealkylation sites (tertiary alicyclic amines) is 1. The van der Waals surface area contributed by atoms with Crippen LogP contribution in [0.15, 0.2) is 52.1 Å². The van der Waals surface area contributed by atoms with Gasteiger partial charge >= 0.3 is 0 Å². The molecular formula is C20H28FN7O2. The van der Waals surface area contributed by atoms with E-state index >= 15 is 0 Å². The number of carbonyl (C=O) groups is 1. The molecule has 1 amide bonds. The molecule has 3 aliphatic rings. The van der Waals surface area contributed by atoms with E-state index in [0.717, 1.165) is 50.6 Å². The van der Waals surface area contributed by atoms with E-state index in [1.54, 1.807) is 13.3 Å². The van der Waals surface area contributed by atoms with Crippen molar-refractivity contribution in [1.29, 1.82) is 5.41 Å². The number of nitrogens with zero attached hydrogens (tertiary/aromatic N) is 2. The molecule has 0 radical (unpaired) electrons. The average Bonchev–Trinajstić information content (AvgIpc) is 2.71. The second-order valence-electron chi connectivity index (χ2n) is 7.47. The van der Waals surface area contributed by atoms with Crippen LogP contribution in [-0.2, 0) is 9.53 Å². The van der Waals surface area contributed by atoms with Gasteiger partial charge in [-0.05, 0) is 31.8 Å². The molecule has 6 N–H and O–H groups in total. The fourth-order valence-corrected chi connectivity index (χ4v) is 3.63. The predicted molar refractivity (Wildman–Crippen MR) is 113 cm³/mol. The molecule has 0 aromatic heterocycles. The first-order valence-electron chi connectivity index (χ1n) is 9.87. The minimum absolute atomic E-state index is 0.0186. The molecule has 1 unspecified atom stereocenters. The number of amidine groups is 1. The molecule has 10 heteroatoms. The number of methoxy groups -OCH3 is 1. The zero-order valence-electron chi connectivity index (χ0n) is 17.2. The Kier molecular flexibility index (Phi) is 6.88. The van der Waals surface area contributed by atoms with Crippen molar-refractivity contribution in [1.82, 2.24) is 20.9 Å². The molecule has 0 saturated carbocycles. The maximum absolute atomic E-state index is 13.2. The van der Waals surface area contributed by atoms with Crippen LogP contribution < -0.4 is 21.7 Å². The topological polar surface area (TPSA) is 128 Å². The molecule has 1 saturated heterocycles. The van der Waals surface area contributed by atoms with E-state index in [4.69, 9.17) is 15.9 Å². The number of piperidine rings is 1. The van der Waals surface area contributed by atoms with E-state index in [-0.39, 0.29) is 17.4 Å². The number of halogens is 1. The van der Waals surface area contributed by atoms with Crippen molar-refractivity contribution in [2.24, 2.45) is 16.6 Å². The molecular weight excluding hydrogens is 389 g/mol. The number of nitrogens with two attached hydrogens (primary N) is 1. The minimum Gasteiger partial charge on any atom is -0.384 e. The Hall–Kier alpha value is -3.14. The second-order valence-corrected chi connectivity index (χ2v) is 7.47. The summed E-state index contributed by atoms with van der Waals surface area (Å²) >= 11 is 0. The van der Waals surface area contributed by atoms with Crippen LogP contribution in [0.5, 0.6) is 0 Å². The number of dihydropyridines is 1. The van der Waals surface area contributed by atoms with Gasteiger partial charge in [-0.1, -0.05) is 0 Å². The number of hydrogen-bond acceptors (Lipinski definition) is 7. The van der Waals surface area contributed by atoms with Crippen molar-refractivity contribution in [3.05, 3.63) is 47.1 Å². The number of nitrogens with one attached hydrogen (secondary N) is 4. The first-order chi connectivity index (χ1) is 14.4. The lowest BCUT2D eigenvalue weighted by atomic mass is 9.96. The second kappa shape index (κ2) is 9.57. The third kappa shape index (κ3) is 5.07. The number of hydrogen-bond donors (Lipinski definition) is 5. The summed E-state index contributed by atoms with van der Waals surface area (Å²) < 4.78 is 18.4. The smallest absolute Gasteiger partial charge is 0.263 e. The third-order valence-corrected chi connectivity index (χ3v) is 5.18. The van der Waals surface area contributed by atoms with Crippen molar-refractivity contribution in [3.63, 3.8) is 0 Å². The highest BCUT2D eigenvalue weighted by molar-refractivity contribution is 6.20. The fraction of sp³-hybridized carbons (Fsp3) is 0.450. The van der Waals surface area contributed by atoms with Crippen LogP contribution in [0.1, 0.15) is 19.8 Å². The number of ether oxygens (including phenoxy) is 1. The Morgan fingerprint density at radius 3 is 2.77 bits per heavy atom. The Balaban J connectivity index is 1.76. The Bertz CT molecular complexity index is 851. The van der Waals surface area contributed by atoms with E-state index < -0.39 is 17.6 Å². The molecule has 0 aromatic rings. The number of allylic oxidation sites excluding steroid dienone is 1. The molecule has 0 aromatic carbocycles. The number of aliphatic imine (C=N–C) groups is 1. The van der Waals surface area contributed by atoms with Gasteiger partial charge in [0.2, 0.25) is 0 Å². The Morgan fingerprint density at radius 1 is 1.43 bits per heavy atom. The van der Waals surface area contributed by atoms with Gasteiger partial charge < -0.3 is 31.3 Å². The largest absolute Gasteiger partial charge is 0.384 e. The molecule has 0 aliphatic carbocycles. The Labute approximate surface area is 175 Å². The maximum atomic E-state index is 13.2. The molecule has 1 fully saturated rings. The SMILES string of the molecule is COCC1CCN(C2=CC(C)NC=C2NC(=O)/C(C(=N)N)=C2\N=CC(F)=CN2)CC1. The molecule has 3 heterocycles. The molecule has 1 atom stereocenters. The summed E-state index contributed by atoms with van der Waals surface area (Å²) in [5, 5.41) is 16.4. The Morgan fingerprint density at radius 2 is 2.17 bits per heavy atom. The van der Waals surface area contributed by atoms with Crippen molar-refractivity contribution in [2.45, 2.75) is 25.8 Å². The van der Waals surface area contributed by atoms with Crippen LogP contribution in [0.2, 0.25) is 0 Å². The van der Waals surface area contributed by atoms with Crippen molar-refractivity contribution in [3.8, 4) is 0 Å². The van der Waals surface area contributed by atoms with Gasteiger partial charge in [0.15, 0.2) is 5.83 Å². The van der Waals surface area contributed by atoms with Crippen molar-refractivity contribution in [2.75, 3.05) is 26.8 Å². The normalized spacial score (nSPS) is 23.5. The van der Waals surface area contributed by atoms with Gasteiger partial charge in [0.25, 0.3) is 5.91 Å². The molecule has 3 rings (SSSR count). The summed E-state index contributed by atoms with van der Waals surface area (Å²) in [4.78, 5) is 19.0. The van der Waals surface area contributed by atoms with E-state index in [9.17, 15) is 9.18 Å². The van der Waals surface area contributed by atoms with Gasteiger partial charge in [0.05, 0.1) is 17.6 Å². The highest BCUT2D eigenvalue weighted by Gasteiger charge is 2.27. The van der Waals surface area contributed by atoms with Gasteiger partial charge in [-0.3, -0.25) is 10.2 Å². The summed E-state index contributed by atoms with van der Waals surface area (Å²) in [6.45, 7) is 4.49. The molecule has 30 heavy (non-hydrogen) atoms. The van der Waals surface area contributed by atoms with Gasteiger partial charge in [-0.15, -0.1) is 0 Å². The van der Waals surface area contributed by atoms with E-state index in [1.807, 2.05) is 6.92 Å². The van der Waals surface area contributed by atoms with Crippen LogP contribution >= 0.6 is 0 Å². The number of carbonyl (C=O) groups excluding carboxylic acids is 1. The lowest BCUT2D eigenvalue weighted by Crippen LogP contribution is -2.42. The standard InChI is InChI=1S/C20H28FN7O2/c1-12-7-16(28-5-3-13(4-6-28)11-30-2)15(10-24-12)27-20(29)17(18(22)23)19-25-8-14(21)9-26-19/h7-10,12-13,24-25H,3-6,11H2,1-2H3,(H3,22,23)(H,27,29)/b19-17-. The molecule has 162 valence electrons. The monoisotopic (exact) mass is 417 g/mol. The molecule has 0 spiro atoms. The van der Waals surface area contributed by atoms with E-state index in [0.29, 0.717) is 11.6 Å². The predicted octanol–water partition coefficient (Wildman–Crippen LogP) is 0.810. The molecule has 9 nitrogen and oxygen atoms in total. The first kappa shape index (κ1) is 21.6. The van der Waals surface area contributed by atoms with Gasteiger partial charge in [-0.2, -0.15) is 0 Å². The van der Waals surface area contributed by atoms with Gasteiger partial charge in [0, 0.05) is 45.2 Å². The van der Waals surface area contributed by atoms with Crippen molar-refractivity contribution >= 4 is 18.0 Å². The van der Waals surface area contributed by atoms with E-state index in [1.165, 1.54) is 0 Å². The number of rotatable bonds is 6. The fourth-order valence-electron chi connectivity index (χ4n) is 3.63. The van der Waals surface area contributed by atoms with E-state index in [2.05, 4.69) is 31.9 Å². The maximum Gasteiger partial charge on any atom is 0.263 e. The summed E-state index contributed by atoms with van der Waals surface area (Å²) in [5.41, 5.74) is 6.96. The van der Waals surface area contributed by atoms with Crippen LogP contribution in [0, 0.1) is 11.3 Å². The number of amides is 1. The summed E-state index contributed by atoms with van der Waals surface area (Å²) in [6.07, 6.45) is 7.83. The highest BCUT2D eigenvalue weighted by atomic mass is 19.1. The van der Waals surface area contributed by atoms with Gasteiger partial charge in [0.1, 0.15) is 17.2 Å². The summed E-state index contributed by atoms with van der Waals surface area (Å²) in [6, 6.07) is 0.112. The average molecular weight is 417 g/mol. The molecule has 0 bridgehead atoms. The van der Waals surface area contributed by atoms with Gasteiger partial charge in [-0.25, -0.2) is 9.38 Å². The first-order valence-corrected chi connectivity index (χ1v) is 9.87. The summed E-state index contributed by atoms with van der Waals surface area (Å²) in [5.74, 6) is -1.10. The van der Waals surface area contributed by atoms with Crippen LogP contribution in [0.25, 0.3) is 0 Å². The quantitative estimate of drug-likeness (QED) is 0.247. The van der Waals surface area contributed by atoms with Crippen LogP contribution in [0.3, 0.4) is 0 Å². The zero-order valence-corrected chi connectivity index (χ0v) is 17.2.